The SMILES string of the molecule is Cc1nc(C(=O)N2CCCC[C@@H]2CC(=O)O)c(-c2ccc(F)cc2)s1. The van der Waals surface area contributed by atoms with Gasteiger partial charge >= 0.3 is 5.97 Å². The van der Waals surface area contributed by atoms with Gasteiger partial charge in [0.25, 0.3) is 5.91 Å². The van der Waals surface area contributed by atoms with Crippen molar-refractivity contribution in [2.24, 2.45) is 0 Å². The molecule has 2 heterocycles. The largest absolute Gasteiger partial charge is 0.481 e. The van der Waals surface area contributed by atoms with Crippen LogP contribution >= 0.6 is 11.3 Å². The Balaban J connectivity index is 1.93. The first-order chi connectivity index (χ1) is 12.0. The molecule has 0 saturated carbocycles. The van der Waals surface area contributed by atoms with Crippen molar-refractivity contribution in [2.45, 2.75) is 38.6 Å². The van der Waals surface area contributed by atoms with Gasteiger partial charge in [0.2, 0.25) is 0 Å². The maximum atomic E-state index is 13.2. The maximum Gasteiger partial charge on any atom is 0.305 e. The number of halogens is 1. The Morgan fingerprint density at radius 3 is 2.72 bits per heavy atom. The highest BCUT2D eigenvalue weighted by atomic mass is 32.1. The van der Waals surface area contributed by atoms with Gasteiger partial charge in [-0.1, -0.05) is 12.1 Å². The van der Waals surface area contributed by atoms with Gasteiger partial charge in [-0.05, 0) is 43.9 Å². The molecule has 1 N–H and O–H groups in total. The lowest BCUT2D eigenvalue weighted by Gasteiger charge is -2.34. The zero-order valence-electron chi connectivity index (χ0n) is 13.9. The molecule has 0 aliphatic carbocycles. The molecule has 1 amide bonds. The number of hydrogen-bond acceptors (Lipinski definition) is 4. The number of amides is 1. The molecular weight excluding hydrogens is 343 g/mol. The molecule has 1 aliphatic rings. The van der Waals surface area contributed by atoms with E-state index in [1.165, 1.54) is 23.5 Å². The number of nitrogens with zero attached hydrogens (tertiary/aromatic N) is 2. The van der Waals surface area contributed by atoms with E-state index in [9.17, 15) is 14.0 Å². The lowest BCUT2D eigenvalue weighted by molar-refractivity contribution is -0.138. The van der Waals surface area contributed by atoms with Gasteiger partial charge in [0.05, 0.1) is 16.3 Å². The highest BCUT2D eigenvalue weighted by Crippen LogP contribution is 2.32. The third kappa shape index (κ3) is 3.87. The van der Waals surface area contributed by atoms with Crippen LogP contribution in [-0.4, -0.2) is 39.5 Å². The average Bonchev–Trinajstić information content (AvgIpc) is 2.97. The van der Waals surface area contributed by atoms with Crippen molar-refractivity contribution in [3.05, 3.63) is 40.8 Å². The van der Waals surface area contributed by atoms with Gasteiger partial charge in [-0.2, -0.15) is 0 Å². The average molecular weight is 362 g/mol. The highest BCUT2D eigenvalue weighted by molar-refractivity contribution is 7.15. The van der Waals surface area contributed by atoms with Crippen molar-refractivity contribution in [1.29, 1.82) is 0 Å². The quantitative estimate of drug-likeness (QED) is 0.900. The summed E-state index contributed by atoms with van der Waals surface area (Å²) >= 11 is 1.38. The Hall–Kier alpha value is -2.28. The molecule has 2 aromatic rings. The third-order valence-electron chi connectivity index (χ3n) is 4.34. The van der Waals surface area contributed by atoms with Crippen LogP contribution < -0.4 is 0 Å². The number of likely N-dealkylation sites (tertiary alicyclic amines) is 1. The molecular formula is C18H19FN2O3S. The van der Waals surface area contributed by atoms with Crippen LogP contribution in [0.2, 0.25) is 0 Å². The van der Waals surface area contributed by atoms with E-state index in [2.05, 4.69) is 4.98 Å². The standard InChI is InChI=1S/C18H19FN2O3S/c1-11-20-16(17(25-11)12-5-7-13(19)8-6-12)18(24)21-9-3-2-4-14(21)10-15(22)23/h5-8,14H,2-4,9-10H2,1H3,(H,22,23)/t14-/m1/s1. The number of piperidine rings is 1. The first-order valence-corrected chi connectivity index (χ1v) is 9.03. The Bertz CT molecular complexity index is 788. The number of aromatic nitrogens is 1. The minimum absolute atomic E-state index is 0.0548. The molecule has 132 valence electrons. The molecule has 1 fully saturated rings. The fourth-order valence-corrected chi connectivity index (χ4v) is 4.10. The van der Waals surface area contributed by atoms with E-state index in [1.54, 1.807) is 17.0 Å². The predicted molar refractivity (Wildman–Crippen MR) is 93.2 cm³/mol. The third-order valence-corrected chi connectivity index (χ3v) is 5.36. The van der Waals surface area contributed by atoms with Crippen LogP contribution in [0.3, 0.4) is 0 Å². The van der Waals surface area contributed by atoms with Gasteiger partial charge in [0, 0.05) is 12.6 Å². The van der Waals surface area contributed by atoms with E-state index in [1.807, 2.05) is 6.92 Å². The van der Waals surface area contributed by atoms with Crippen molar-refractivity contribution >= 4 is 23.2 Å². The number of aliphatic carboxylic acids is 1. The van der Waals surface area contributed by atoms with Crippen molar-refractivity contribution in [3.63, 3.8) is 0 Å². The predicted octanol–water partition coefficient (Wildman–Crippen LogP) is 3.73. The molecule has 1 aliphatic heterocycles. The summed E-state index contributed by atoms with van der Waals surface area (Å²) in [5.41, 5.74) is 1.06. The monoisotopic (exact) mass is 362 g/mol. The summed E-state index contributed by atoms with van der Waals surface area (Å²) in [7, 11) is 0. The molecule has 25 heavy (non-hydrogen) atoms. The van der Waals surface area contributed by atoms with Crippen LogP contribution in [-0.2, 0) is 4.79 Å². The number of carboxylic acid groups (broad SMARTS) is 1. The second-order valence-electron chi connectivity index (χ2n) is 6.16. The highest BCUT2D eigenvalue weighted by Gasteiger charge is 2.32. The van der Waals surface area contributed by atoms with Gasteiger partial charge in [0.1, 0.15) is 11.5 Å². The molecule has 1 aromatic heterocycles. The molecule has 0 spiro atoms. The van der Waals surface area contributed by atoms with Crippen molar-refractivity contribution in [2.75, 3.05) is 6.54 Å². The fraction of sp³-hybridized carbons (Fsp3) is 0.389. The number of carbonyl (C=O) groups is 2. The first kappa shape index (κ1) is 17.5. The topological polar surface area (TPSA) is 70.5 Å². The normalized spacial score (nSPS) is 17.5. The minimum atomic E-state index is -0.905. The summed E-state index contributed by atoms with van der Waals surface area (Å²) in [6.07, 6.45) is 2.41. The van der Waals surface area contributed by atoms with Gasteiger partial charge in [-0.25, -0.2) is 9.37 Å². The Morgan fingerprint density at radius 2 is 2.04 bits per heavy atom. The Kier molecular flexibility index (Phi) is 5.13. The smallest absolute Gasteiger partial charge is 0.305 e. The van der Waals surface area contributed by atoms with Crippen LogP contribution in [0.15, 0.2) is 24.3 Å². The minimum Gasteiger partial charge on any atom is -0.481 e. The summed E-state index contributed by atoms with van der Waals surface area (Å²) in [5.74, 6) is -1.48. The van der Waals surface area contributed by atoms with Gasteiger partial charge in [0.15, 0.2) is 0 Å². The molecule has 0 radical (unpaired) electrons. The van der Waals surface area contributed by atoms with E-state index in [4.69, 9.17) is 5.11 Å². The summed E-state index contributed by atoms with van der Waals surface area (Å²) in [6, 6.07) is 5.66. The summed E-state index contributed by atoms with van der Waals surface area (Å²) in [5, 5.41) is 9.86. The lowest BCUT2D eigenvalue weighted by atomic mass is 9.98. The number of benzene rings is 1. The number of carboxylic acids is 1. The molecule has 3 rings (SSSR count). The number of aryl methyl sites for hydroxylation is 1. The van der Waals surface area contributed by atoms with Crippen molar-refractivity contribution in [3.8, 4) is 10.4 Å². The van der Waals surface area contributed by atoms with E-state index in [-0.39, 0.29) is 24.2 Å². The second kappa shape index (κ2) is 7.31. The number of rotatable bonds is 4. The molecule has 1 saturated heterocycles. The van der Waals surface area contributed by atoms with Crippen molar-refractivity contribution in [1.82, 2.24) is 9.88 Å². The summed E-state index contributed by atoms with van der Waals surface area (Å²) in [4.78, 5) is 30.9. The second-order valence-corrected chi connectivity index (χ2v) is 7.37. The lowest BCUT2D eigenvalue weighted by Crippen LogP contribution is -2.45. The summed E-state index contributed by atoms with van der Waals surface area (Å²) in [6.45, 7) is 2.36. The first-order valence-electron chi connectivity index (χ1n) is 8.22. The van der Waals surface area contributed by atoms with E-state index >= 15 is 0 Å². The summed E-state index contributed by atoms with van der Waals surface area (Å²) < 4.78 is 13.2. The molecule has 5 nitrogen and oxygen atoms in total. The zero-order chi connectivity index (χ0) is 18.0. The number of carbonyl (C=O) groups excluding carboxylic acids is 1. The van der Waals surface area contributed by atoms with Gasteiger partial charge in [-0.3, -0.25) is 9.59 Å². The Morgan fingerprint density at radius 1 is 1.32 bits per heavy atom. The van der Waals surface area contributed by atoms with Gasteiger partial charge in [-0.15, -0.1) is 11.3 Å². The fourth-order valence-electron chi connectivity index (χ4n) is 3.19. The van der Waals surface area contributed by atoms with Crippen LogP contribution in [0, 0.1) is 12.7 Å². The molecule has 7 heteroatoms. The van der Waals surface area contributed by atoms with Crippen molar-refractivity contribution < 1.29 is 19.1 Å². The molecule has 1 atom stereocenters. The van der Waals surface area contributed by atoms with Crippen LogP contribution in [0.5, 0.6) is 0 Å². The number of hydrogen-bond donors (Lipinski definition) is 1. The van der Waals surface area contributed by atoms with Crippen LogP contribution in [0.1, 0.15) is 41.2 Å². The maximum absolute atomic E-state index is 13.2. The number of thiazole rings is 1. The van der Waals surface area contributed by atoms with E-state index in [0.29, 0.717) is 23.5 Å². The van der Waals surface area contributed by atoms with E-state index < -0.39 is 5.97 Å². The van der Waals surface area contributed by atoms with Gasteiger partial charge < -0.3 is 10.0 Å². The molecule has 0 bridgehead atoms. The molecule has 0 unspecified atom stereocenters. The van der Waals surface area contributed by atoms with E-state index in [0.717, 1.165) is 23.4 Å². The molecule has 1 aromatic carbocycles. The Labute approximate surface area is 149 Å². The van der Waals surface area contributed by atoms with Crippen LogP contribution in [0.25, 0.3) is 10.4 Å². The zero-order valence-corrected chi connectivity index (χ0v) is 14.7. The van der Waals surface area contributed by atoms with Crippen LogP contribution in [0.4, 0.5) is 4.39 Å².